The van der Waals surface area contributed by atoms with Gasteiger partial charge in [-0.25, -0.2) is 8.78 Å². The lowest BCUT2D eigenvalue weighted by atomic mass is 9.75. The Morgan fingerprint density at radius 2 is 1.53 bits per heavy atom. The minimum Gasteiger partial charge on any atom is -0.480 e. The van der Waals surface area contributed by atoms with Crippen molar-refractivity contribution >= 4 is 5.97 Å². The number of halogens is 2. The molecular weight excluding hydrogens is 250 g/mol. The number of hydrogen-bond acceptors (Lipinski definition) is 1. The molecule has 0 heterocycles. The molecular formula is C15H12F2O2. The van der Waals surface area contributed by atoms with Crippen molar-refractivity contribution in [1.29, 1.82) is 0 Å². The maximum absolute atomic E-state index is 13.6. The van der Waals surface area contributed by atoms with Crippen molar-refractivity contribution < 1.29 is 18.7 Å². The summed E-state index contributed by atoms with van der Waals surface area (Å²) in [7, 11) is 0. The van der Waals surface area contributed by atoms with Gasteiger partial charge in [0.25, 0.3) is 0 Å². The second kappa shape index (κ2) is 5.18. The van der Waals surface area contributed by atoms with Crippen molar-refractivity contribution in [3.05, 3.63) is 71.5 Å². The molecule has 98 valence electrons. The number of benzene rings is 2. The second-order valence-electron chi connectivity index (χ2n) is 4.22. The van der Waals surface area contributed by atoms with Crippen molar-refractivity contribution in [1.82, 2.24) is 0 Å². The summed E-state index contributed by atoms with van der Waals surface area (Å²) < 4.78 is 26.5. The van der Waals surface area contributed by atoms with E-state index in [1.54, 1.807) is 30.3 Å². The quantitative estimate of drug-likeness (QED) is 0.918. The standard InChI is InChI=1S/C15H12F2O2/c16-10-15(14(18)19,11-4-2-1-3-5-11)12-6-8-13(17)9-7-12/h1-9H,10H2,(H,18,19). The molecule has 0 aliphatic heterocycles. The van der Waals surface area contributed by atoms with Gasteiger partial charge in [0.2, 0.25) is 0 Å². The Balaban J connectivity index is 2.64. The minimum atomic E-state index is -1.80. The zero-order valence-electron chi connectivity index (χ0n) is 10.0. The Bertz CT molecular complexity index is 566. The first kappa shape index (κ1) is 13.2. The average molecular weight is 262 g/mol. The zero-order valence-corrected chi connectivity index (χ0v) is 10.0. The van der Waals surface area contributed by atoms with Crippen LogP contribution in [0.3, 0.4) is 0 Å². The molecule has 0 aromatic heterocycles. The van der Waals surface area contributed by atoms with Crippen LogP contribution in [0.1, 0.15) is 11.1 Å². The van der Waals surface area contributed by atoms with Crippen LogP contribution in [0.15, 0.2) is 54.6 Å². The molecule has 2 aromatic rings. The van der Waals surface area contributed by atoms with Crippen LogP contribution in [0.2, 0.25) is 0 Å². The minimum absolute atomic E-state index is 0.218. The van der Waals surface area contributed by atoms with Gasteiger partial charge in [-0.2, -0.15) is 0 Å². The Morgan fingerprint density at radius 1 is 1.00 bits per heavy atom. The number of alkyl halides is 1. The van der Waals surface area contributed by atoms with Crippen molar-refractivity contribution in [2.45, 2.75) is 5.41 Å². The molecule has 0 bridgehead atoms. The molecule has 2 nitrogen and oxygen atoms in total. The monoisotopic (exact) mass is 262 g/mol. The first-order valence-electron chi connectivity index (χ1n) is 5.72. The van der Waals surface area contributed by atoms with Gasteiger partial charge in [0.15, 0.2) is 0 Å². The molecule has 19 heavy (non-hydrogen) atoms. The van der Waals surface area contributed by atoms with E-state index in [1.165, 1.54) is 12.1 Å². The molecule has 1 N–H and O–H groups in total. The van der Waals surface area contributed by atoms with Gasteiger partial charge in [-0.05, 0) is 23.3 Å². The van der Waals surface area contributed by atoms with Crippen molar-refractivity contribution in [2.24, 2.45) is 0 Å². The van der Waals surface area contributed by atoms with E-state index in [2.05, 4.69) is 0 Å². The first-order chi connectivity index (χ1) is 9.11. The third-order valence-electron chi connectivity index (χ3n) is 3.17. The molecule has 0 radical (unpaired) electrons. The lowest BCUT2D eigenvalue weighted by Crippen LogP contribution is -2.39. The van der Waals surface area contributed by atoms with E-state index in [9.17, 15) is 18.7 Å². The van der Waals surface area contributed by atoms with E-state index in [0.29, 0.717) is 5.56 Å². The van der Waals surface area contributed by atoms with Gasteiger partial charge in [-0.1, -0.05) is 42.5 Å². The predicted octanol–water partition coefficient (Wildman–Crippen LogP) is 3.17. The molecule has 0 saturated carbocycles. The maximum Gasteiger partial charge on any atom is 0.321 e. The summed E-state index contributed by atoms with van der Waals surface area (Å²) in [6.45, 7) is -1.10. The topological polar surface area (TPSA) is 37.3 Å². The van der Waals surface area contributed by atoms with Gasteiger partial charge in [-0.3, -0.25) is 4.79 Å². The number of carboxylic acid groups (broad SMARTS) is 1. The SMILES string of the molecule is O=C(O)C(CF)(c1ccccc1)c1ccc(F)cc1. The summed E-state index contributed by atoms with van der Waals surface area (Å²) in [4.78, 5) is 11.6. The Kier molecular flexibility index (Phi) is 3.60. The van der Waals surface area contributed by atoms with Gasteiger partial charge >= 0.3 is 5.97 Å². The van der Waals surface area contributed by atoms with E-state index >= 15 is 0 Å². The smallest absolute Gasteiger partial charge is 0.321 e. The number of aliphatic carboxylic acids is 1. The van der Waals surface area contributed by atoms with E-state index in [1.807, 2.05) is 0 Å². The molecule has 1 unspecified atom stereocenters. The molecule has 0 amide bonds. The molecule has 4 heteroatoms. The second-order valence-corrected chi connectivity index (χ2v) is 4.22. The maximum atomic E-state index is 13.6. The molecule has 0 aliphatic carbocycles. The van der Waals surface area contributed by atoms with E-state index in [0.717, 1.165) is 12.1 Å². The molecule has 0 aliphatic rings. The Labute approximate surface area is 109 Å². The lowest BCUT2D eigenvalue weighted by molar-refractivity contribution is -0.142. The van der Waals surface area contributed by atoms with Gasteiger partial charge in [0.05, 0.1) is 0 Å². The Hall–Kier alpha value is -2.23. The summed E-state index contributed by atoms with van der Waals surface area (Å²) >= 11 is 0. The normalized spacial score (nSPS) is 13.8. The van der Waals surface area contributed by atoms with Crippen LogP contribution in [0.25, 0.3) is 0 Å². The summed E-state index contributed by atoms with van der Waals surface area (Å²) in [5.74, 6) is -1.79. The number of rotatable bonds is 4. The zero-order chi connectivity index (χ0) is 13.9. The molecule has 0 fully saturated rings. The highest BCUT2D eigenvalue weighted by molar-refractivity contribution is 5.86. The van der Waals surface area contributed by atoms with Gasteiger partial charge in [0, 0.05) is 0 Å². The van der Waals surface area contributed by atoms with Gasteiger partial charge in [-0.15, -0.1) is 0 Å². The molecule has 2 rings (SSSR count). The predicted molar refractivity (Wildman–Crippen MR) is 67.2 cm³/mol. The van der Waals surface area contributed by atoms with Crippen LogP contribution in [-0.2, 0) is 10.2 Å². The third-order valence-corrected chi connectivity index (χ3v) is 3.17. The molecule has 1 atom stereocenters. The summed E-state index contributed by atoms with van der Waals surface area (Å²) in [6.07, 6.45) is 0. The van der Waals surface area contributed by atoms with Crippen LogP contribution < -0.4 is 0 Å². The summed E-state index contributed by atoms with van der Waals surface area (Å²) in [5.41, 5.74) is -1.25. The largest absolute Gasteiger partial charge is 0.480 e. The first-order valence-corrected chi connectivity index (χ1v) is 5.72. The summed E-state index contributed by atoms with van der Waals surface area (Å²) in [5, 5.41) is 9.47. The third kappa shape index (κ3) is 2.21. The molecule has 2 aromatic carbocycles. The van der Waals surface area contributed by atoms with Gasteiger partial charge in [0.1, 0.15) is 17.9 Å². The fourth-order valence-electron chi connectivity index (χ4n) is 2.08. The molecule has 0 spiro atoms. The van der Waals surface area contributed by atoms with Gasteiger partial charge < -0.3 is 5.11 Å². The van der Waals surface area contributed by atoms with Crippen LogP contribution in [0.4, 0.5) is 8.78 Å². The van der Waals surface area contributed by atoms with E-state index in [-0.39, 0.29) is 5.56 Å². The molecule has 0 saturated heterocycles. The van der Waals surface area contributed by atoms with Crippen LogP contribution in [0, 0.1) is 5.82 Å². The van der Waals surface area contributed by atoms with Crippen LogP contribution in [-0.4, -0.2) is 17.8 Å². The fraction of sp³-hybridized carbons (Fsp3) is 0.133. The van der Waals surface area contributed by atoms with Crippen LogP contribution >= 0.6 is 0 Å². The Morgan fingerprint density at radius 3 is 2.00 bits per heavy atom. The van der Waals surface area contributed by atoms with E-state index in [4.69, 9.17) is 0 Å². The average Bonchev–Trinajstić information content (AvgIpc) is 2.43. The highest BCUT2D eigenvalue weighted by Gasteiger charge is 2.42. The fourth-order valence-corrected chi connectivity index (χ4v) is 2.08. The van der Waals surface area contributed by atoms with Crippen molar-refractivity contribution in [3.63, 3.8) is 0 Å². The highest BCUT2D eigenvalue weighted by Crippen LogP contribution is 2.33. The lowest BCUT2D eigenvalue weighted by Gasteiger charge is -2.27. The van der Waals surface area contributed by atoms with Crippen molar-refractivity contribution in [2.75, 3.05) is 6.67 Å². The van der Waals surface area contributed by atoms with E-state index < -0.39 is 23.9 Å². The summed E-state index contributed by atoms with van der Waals surface area (Å²) in [6, 6.07) is 13.0. The van der Waals surface area contributed by atoms with Crippen molar-refractivity contribution in [3.8, 4) is 0 Å². The number of hydrogen-bond donors (Lipinski definition) is 1. The number of carboxylic acids is 1. The van der Waals surface area contributed by atoms with Crippen LogP contribution in [0.5, 0.6) is 0 Å². The highest BCUT2D eigenvalue weighted by atomic mass is 19.1. The number of carbonyl (C=O) groups is 1.